The summed E-state index contributed by atoms with van der Waals surface area (Å²) >= 11 is 3.27. The van der Waals surface area contributed by atoms with Gasteiger partial charge in [0.15, 0.2) is 0 Å². The molecule has 0 saturated carbocycles. The van der Waals surface area contributed by atoms with Crippen LogP contribution in [0.2, 0.25) is 0 Å². The van der Waals surface area contributed by atoms with E-state index in [0.29, 0.717) is 17.6 Å². The highest BCUT2D eigenvalue weighted by molar-refractivity contribution is 9.10. The van der Waals surface area contributed by atoms with E-state index in [1.807, 2.05) is 25.7 Å². The van der Waals surface area contributed by atoms with Crippen molar-refractivity contribution in [2.45, 2.75) is 57.5 Å². The van der Waals surface area contributed by atoms with Crippen LogP contribution in [0.3, 0.4) is 0 Å². The SMILES string of the molecule is CC(C)(C)OC(=O)N1C2CCC1CN(c1ccc(C(F)(F)F)cc1Br)C2. The Bertz CT molecular complexity index is 689. The molecule has 1 amide bonds. The minimum atomic E-state index is -4.37. The lowest BCUT2D eigenvalue weighted by Crippen LogP contribution is -2.56. The molecule has 0 spiro atoms. The van der Waals surface area contributed by atoms with Crippen LogP contribution in [0.25, 0.3) is 0 Å². The van der Waals surface area contributed by atoms with Gasteiger partial charge in [0.05, 0.1) is 23.3 Å². The van der Waals surface area contributed by atoms with E-state index < -0.39 is 17.3 Å². The maximum Gasteiger partial charge on any atom is 0.416 e. The second-order valence-corrected chi connectivity index (χ2v) is 8.70. The van der Waals surface area contributed by atoms with E-state index in [9.17, 15) is 18.0 Å². The van der Waals surface area contributed by atoms with Crippen molar-refractivity contribution in [3.8, 4) is 0 Å². The van der Waals surface area contributed by atoms with Gasteiger partial charge in [0.2, 0.25) is 0 Å². The van der Waals surface area contributed by atoms with Gasteiger partial charge in [0, 0.05) is 17.6 Å². The molecule has 0 aliphatic carbocycles. The van der Waals surface area contributed by atoms with Crippen LogP contribution in [0.15, 0.2) is 22.7 Å². The number of nitrogens with zero attached hydrogens (tertiary/aromatic N) is 2. The molecule has 2 fully saturated rings. The van der Waals surface area contributed by atoms with Crippen LogP contribution in [-0.2, 0) is 10.9 Å². The van der Waals surface area contributed by atoms with Crippen molar-refractivity contribution in [1.82, 2.24) is 4.90 Å². The van der Waals surface area contributed by atoms with E-state index in [4.69, 9.17) is 4.74 Å². The average Bonchev–Trinajstić information content (AvgIpc) is 2.75. The number of hydrogen-bond donors (Lipinski definition) is 0. The standard InChI is InChI=1S/C18H22BrF3N2O2/c1-17(2,3)26-16(25)24-12-5-6-13(24)10-23(9-12)15-7-4-11(8-14(15)19)18(20,21)22/h4,7-8,12-13H,5-6,9-10H2,1-3H3. The number of rotatable bonds is 1. The maximum atomic E-state index is 12.9. The number of carbonyl (C=O) groups is 1. The largest absolute Gasteiger partial charge is 0.444 e. The van der Waals surface area contributed by atoms with Gasteiger partial charge >= 0.3 is 12.3 Å². The molecule has 1 aromatic rings. The number of hydrogen-bond acceptors (Lipinski definition) is 3. The topological polar surface area (TPSA) is 32.8 Å². The zero-order valence-electron chi connectivity index (χ0n) is 14.9. The van der Waals surface area contributed by atoms with Crippen molar-refractivity contribution >= 4 is 27.7 Å². The summed E-state index contributed by atoms with van der Waals surface area (Å²) in [6.07, 6.45) is -2.93. The van der Waals surface area contributed by atoms with Gasteiger partial charge in [-0.25, -0.2) is 4.79 Å². The summed E-state index contributed by atoms with van der Waals surface area (Å²) in [5.74, 6) is 0. The van der Waals surface area contributed by atoms with E-state index in [2.05, 4.69) is 15.9 Å². The predicted octanol–water partition coefficient (Wildman–Crippen LogP) is 5.06. The summed E-state index contributed by atoms with van der Waals surface area (Å²) in [5, 5.41) is 0. The van der Waals surface area contributed by atoms with Crippen molar-refractivity contribution < 1.29 is 22.7 Å². The molecule has 26 heavy (non-hydrogen) atoms. The van der Waals surface area contributed by atoms with Crippen molar-refractivity contribution in [3.63, 3.8) is 0 Å². The fourth-order valence-electron chi connectivity index (χ4n) is 3.65. The Morgan fingerprint density at radius 1 is 1.15 bits per heavy atom. The Balaban J connectivity index is 1.76. The third-order valence-corrected chi connectivity index (χ3v) is 5.34. The molecule has 8 heteroatoms. The Labute approximate surface area is 159 Å². The fraction of sp³-hybridized carbons (Fsp3) is 0.611. The Hall–Kier alpha value is -1.44. The normalized spacial score (nSPS) is 23.3. The molecule has 2 aliphatic rings. The molecule has 2 aliphatic heterocycles. The van der Waals surface area contributed by atoms with Gasteiger partial charge in [-0.1, -0.05) is 0 Å². The quantitative estimate of drug-likeness (QED) is 0.619. The van der Waals surface area contributed by atoms with E-state index in [1.165, 1.54) is 6.07 Å². The van der Waals surface area contributed by atoms with Crippen LogP contribution in [0.5, 0.6) is 0 Å². The van der Waals surface area contributed by atoms with Crippen LogP contribution in [0, 0.1) is 0 Å². The molecule has 2 bridgehead atoms. The molecule has 2 atom stereocenters. The van der Waals surface area contributed by atoms with Gasteiger partial charge in [0.1, 0.15) is 5.60 Å². The Kier molecular flexibility index (Phi) is 4.92. The van der Waals surface area contributed by atoms with Crippen LogP contribution >= 0.6 is 15.9 Å². The Morgan fingerprint density at radius 2 is 1.73 bits per heavy atom. The minimum Gasteiger partial charge on any atom is -0.444 e. The highest BCUT2D eigenvalue weighted by Gasteiger charge is 2.44. The minimum absolute atomic E-state index is 0.0118. The predicted molar refractivity (Wildman–Crippen MR) is 96.2 cm³/mol. The summed E-state index contributed by atoms with van der Waals surface area (Å²) in [4.78, 5) is 16.3. The maximum absolute atomic E-state index is 12.9. The smallest absolute Gasteiger partial charge is 0.416 e. The Morgan fingerprint density at radius 3 is 2.19 bits per heavy atom. The number of alkyl halides is 3. The molecular weight excluding hydrogens is 413 g/mol. The molecule has 2 saturated heterocycles. The molecule has 2 unspecified atom stereocenters. The van der Waals surface area contributed by atoms with Crippen LogP contribution in [0.1, 0.15) is 39.2 Å². The van der Waals surface area contributed by atoms with Gasteiger partial charge in [-0.3, -0.25) is 4.90 Å². The zero-order valence-corrected chi connectivity index (χ0v) is 16.5. The van der Waals surface area contributed by atoms with Crippen LogP contribution in [0.4, 0.5) is 23.7 Å². The third-order valence-electron chi connectivity index (χ3n) is 4.70. The van der Waals surface area contributed by atoms with Crippen molar-refractivity contribution in [1.29, 1.82) is 0 Å². The van der Waals surface area contributed by atoms with Crippen molar-refractivity contribution in [2.75, 3.05) is 18.0 Å². The second-order valence-electron chi connectivity index (χ2n) is 7.84. The molecule has 0 aromatic heterocycles. The van der Waals surface area contributed by atoms with Crippen molar-refractivity contribution in [3.05, 3.63) is 28.2 Å². The van der Waals surface area contributed by atoms with Gasteiger partial charge < -0.3 is 9.64 Å². The van der Waals surface area contributed by atoms with E-state index >= 15 is 0 Å². The lowest BCUT2D eigenvalue weighted by Gasteiger charge is -2.42. The molecule has 3 rings (SSSR count). The second kappa shape index (κ2) is 6.62. The van der Waals surface area contributed by atoms with Gasteiger partial charge in [-0.15, -0.1) is 0 Å². The van der Waals surface area contributed by atoms with E-state index in [-0.39, 0.29) is 18.2 Å². The molecule has 2 heterocycles. The fourth-order valence-corrected chi connectivity index (χ4v) is 4.28. The lowest BCUT2D eigenvalue weighted by atomic mass is 10.1. The average molecular weight is 435 g/mol. The number of carbonyl (C=O) groups excluding carboxylic acids is 1. The number of halogens is 4. The third kappa shape index (κ3) is 3.94. The molecule has 4 nitrogen and oxygen atoms in total. The number of ether oxygens (including phenoxy) is 1. The first-order valence-electron chi connectivity index (χ1n) is 8.59. The number of amides is 1. The zero-order chi connectivity index (χ0) is 19.3. The molecule has 0 N–H and O–H groups in total. The molecule has 0 radical (unpaired) electrons. The first kappa shape index (κ1) is 19.3. The molecular formula is C18H22BrF3N2O2. The first-order valence-corrected chi connectivity index (χ1v) is 9.38. The summed E-state index contributed by atoms with van der Waals surface area (Å²) in [7, 11) is 0. The van der Waals surface area contributed by atoms with E-state index in [0.717, 1.165) is 30.7 Å². The molecule has 144 valence electrons. The van der Waals surface area contributed by atoms with Crippen LogP contribution in [-0.4, -0.2) is 41.8 Å². The van der Waals surface area contributed by atoms with Crippen LogP contribution < -0.4 is 4.90 Å². The first-order chi connectivity index (χ1) is 12.0. The monoisotopic (exact) mass is 434 g/mol. The highest BCUT2D eigenvalue weighted by Crippen LogP contribution is 2.39. The number of piperazine rings is 1. The van der Waals surface area contributed by atoms with Gasteiger partial charge in [-0.2, -0.15) is 13.2 Å². The van der Waals surface area contributed by atoms with Gasteiger partial charge in [-0.05, 0) is 67.7 Å². The summed E-state index contributed by atoms with van der Waals surface area (Å²) in [5.41, 5.74) is -0.508. The highest BCUT2D eigenvalue weighted by atomic mass is 79.9. The summed E-state index contributed by atoms with van der Waals surface area (Å²) in [6.45, 7) is 6.67. The number of anilines is 1. The summed E-state index contributed by atoms with van der Waals surface area (Å²) in [6, 6.07) is 3.73. The van der Waals surface area contributed by atoms with Crippen molar-refractivity contribution in [2.24, 2.45) is 0 Å². The summed E-state index contributed by atoms with van der Waals surface area (Å²) < 4.78 is 44.5. The lowest BCUT2D eigenvalue weighted by molar-refractivity contribution is -0.137. The van der Waals surface area contributed by atoms with Gasteiger partial charge in [0.25, 0.3) is 0 Å². The molecule has 1 aromatic carbocycles. The number of benzene rings is 1. The van der Waals surface area contributed by atoms with E-state index in [1.54, 1.807) is 4.90 Å². The number of fused-ring (bicyclic) bond motifs is 2.